The largest absolute Gasteiger partial charge is 0.481 e. The van der Waals surface area contributed by atoms with Gasteiger partial charge in [0.15, 0.2) is 0 Å². The van der Waals surface area contributed by atoms with Crippen LogP contribution in [-0.2, 0) is 4.79 Å². The topological polar surface area (TPSA) is 37.3 Å². The van der Waals surface area contributed by atoms with Gasteiger partial charge in [0.25, 0.3) is 0 Å². The van der Waals surface area contributed by atoms with Crippen molar-refractivity contribution >= 4 is 17.6 Å². The first-order chi connectivity index (χ1) is 6.16. The molecule has 0 aliphatic heterocycles. The smallest absolute Gasteiger partial charge is 0.311 e. The lowest BCUT2D eigenvalue weighted by atomic mass is 9.72. The third kappa shape index (κ3) is 1.78. The minimum atomic E-state index is -0.803. The Morgan fingerprint density at radius 2 is 2.31 bits per heavy atom. The van der Waals surface area contributed by atoms with E-state index in [9.17, 15) is 4.79 Å². The van der Waals surface area contributed by atoms with E-state index in [0.717, 1.165) is 6.42 Å². The van der Waals surface area contributed by atoms with E-state index in [0.29, 0.717) is 5.88 Å². The maximum absolute atomic E-state index is 10.9. The Morgan fingerprint density at radius 1 is 1.62 bits per heavy atom. The molecule has 3 heteroatoms. The Balaban J connectivity index is 2.98. The predicted octanol–water partition coefficient (Wildman–Crippen LogP) is 2.45. The van der Waals surface area contributed by atoms with E-state index in [2.05, 4.69) is 0 Å². The second-order valence-corrected chi connectivity index (χ2v) is 3.55. The molecule has 1 N–H and O–H groups in total. The highest BCUT2D eigenvalue weighted by atomic mass is 35.5. The number of carboxylic acids is 1. The highest BCUT2D eigenvalue weighted by Crippen LogP contribution is 2.38. The summed E-state index contributed by atoms with van der Waals surface area (Å²) in [6, 6.07) is 0. The molecule has 0 heterocycles. The quantitative estimate of drug-likeness (QED) is 0.711. The zero-order chi connectivity index (χ0) is 9.90. The number of carboxylic acid groups (broad SMARTS) is 1. The molecule has 2 unspecified atom stereocenters. The summed E-state index contributed by atoms with van der Waals surface area (Å²) < 4.78 is 0. The number of halogens is 1. The van der Waals surface area contributed by atoms with Gasteiger partial charge in [-0.25, -0.2) is 0 Å². The number of rotatable bonds is 3. The average Bonchev–Trinajstić information content (AvgIpc) is 2.17. The van der Waals surface area contributed by atoms with Crippen LogP contribution in [0.5, 0.6) is 0 Å². The van der Waals surface area contributed by atoms with Gasteiger partial charge in [-0.15, -0.1) is 11.6 Å². The van der Waals surface area contributed by atoms with Crippen LogP contribution in [0.2, 0.25) is 0 Å². The molecule has 0 saturated carbocycles. The van der Waals surface area contributed by atoms with Gasteiger partial charge in [-0.3, -0.25) is 4.79 Å². The molecule has 0 radical (unpaired) electrons. The van der Waals surface area contributed by atoms with Crippen molar-refractivity contribution in [3.63, 3.8) is 0 Å². The number of hydrogen-bond donors (Lipinski definition) is 1. The van der Waals surface area contributed by atoms with Crippen LogP contribution in [0.4, 0.5) is 0 Å². The van der Waals surface area contributed by atoms with Crippen LogP contribution >= 0.6 is 11.6 Å². The first kappa shape index (κ1) is 10.3. The lowest BCUT2D eigenvalue weighted by Gasteiger charge is -2.33. The maximum Gasteiger partial charge on any atom is 0.311 e. The molecule has 0 aromatic heterocycles. The Bertz CT molecular complexity index is 252. The third-order valence-electron chi connectivity index (χ3n) is 2.64. The van der Waals surface area contributed by atoms with Gasteiger partial charge in [0.05, 0.1) is 5.92 Å². The zero-order valence-electron chi connectivity index (χ0n) is 7.53. The Hall–Kier alpha value is -0.760. The Morgan fingerprint density at radius 3 is 2.69 bits per heavy atom. The average molecular weight is 201 g/mol. The van der Waals surface area contributed by atoms with E-state index in [1.165, 1.54) is 0 Å². The molecule has 0 bridgehead atoms. The normalized spacial score (nSPS) is 32.0. The summed E-state index contributed by atoms with van der Waals surface area (Å²) in [4.78, 5) is 10.9. The molecule has 1 rings (SSSR count). The van der Waals surface area contributed by atoms with Crippen molar-refractivity contribution in [2.45, 2.75) is 13.3 Å². The second kappa shape index (κ2) is 3.97. The van der Waals surface area contributed by atoms with Crippen LogP contribution in [-0.4, -0.2) is 17.0 Å². The SMILES string of the molecule is CCC1(CCl)C=CC=CC1C(=O)O. The number of aliphatic carboxylic acids is 1. The summed E-state index contributed by atoms with van der Waals surface area (Å²) in [5, 5.41) is 8.99. The summed E-state index contributed by atoms with van der Waals surface area (Å²) >= 11 is 5.83. The molecule has 0 saturated heterocycles. The van der Waals surface area contributed by atoms with Crippen LogP contribution in [0.15, 0.2) is 24.3 Å². The summed E-state index contributed by atoms with van der Waals surface area (Å²) in [6.45, 7) is 1.96. The minimum absolute atomic E-state index is 0.349. The summed E-state index contributed by atoms with van der Waals surface area (Å²) in [5.74, 6) is -0.940. The van der Waals surface area contributed by atoms with Gasteiger partial charge < -0.3 is 5.11 Å². The molecule has 1 aliphatic carbocycles. The number of hydrogen-bond acceptors (Lipinski definition) is 1. The first-order valence-corrected chi connectivity index (χ1v) is 4.84. The van der Waals surface area contributed by atoms with Crippen LogP contribution < -0.4 is 0 Å². The first-order valence-electron chi connectivity index (χ1n) is 4.31. The molecule has 0 aromatic rings. The van der Waals surface area contributed by atoms with Crippen LogP contribution in [0, 0.1) is 11.3 Å². The van der Waals surface area contributed by atoms with E-state index >= 15 is 0 Å². The van der Waals surface area contributed by atoms with Crippen LogP contribution in [0.25, 0.3) is 0 Å². The summed E-state index contributed by atoms with van der Waals surface area (Å²) in [6.07, 6.45) is 7.98. The third-order valence-corrected chi connectivity index (χ3v) is 3.13. The van der Waals surface area contributed by atoms with E-state index in [1.54, 1.807) is 12.2 Å². The van der Waals surface area contributed by atoms with E-state index in [1.807, 2.05) is 19.1 Å². The maximum atomic E-state index is 10.9. The number of carbonyl (C=O) groups is 1. The van der Waals surface area contributed by atoms with Gasteiger partial charge in [-0.05, 0) is 6.42 Å². The van der Waals surface area contributed by atoms with Crippen molar-refractivity contribution in [2.24, 2.45) is 11.3 Å². The highest BCUT2D eigenvalue weighted by molar-refractivity contribution is 6.18. The van der Waals surface area contributed by atoms with Crippen molar-refractivity contribution < 1.29 is 9.90 Å². The number of alkyl halides is 1. The monoisotopic (exact) mass is 200 g/mol. The van der Waals surface area contributed by atoms with Crippen molar-refractivity contribution in [3.8, 4) is 0 Å². The molecule has 13 heavy (non-hydrogen) atoms. The van der Waals surface area contributed by atoms with Crippen LogP contribution in [0.1, 0.15) is 13.3 Å². The minimum Gasteiger partial charge on any atom is -0.481 e. The Kier molecular flexibility index (Phi) is 3.15. The lowest BCUT2D eigenvalue weighted by Crippen LogP contribution is -2.35. The lowest BCUT2D eigenvalue weighted by molar-refractivity contribution is -0.142. The fourth-order valence-corrected chi connectivity index (χ4v) is 2.05. The molecule has 2 nitrogen and oxygen atoms in total. The van der Waals surface area contributed by atoms with Crippen molar-refractivity contribution in [2.75, 3.05) is 5.88 Å². The molecule has 0 amide bonds. The van der Waals surface area contributed by atoms with Gasteiger partial charge in [-0.1, -0.05) is 31.2 Å². The van der Waals surface area contributed by atoms with E-state index in [-0.39, 0.29) is 0 Å². The molecule has 2 atom stereocenters. The Labute approximate surface area is 82.9 Å². The summed E-state index contributed by atoms with van der Waals surface area (Å²) in [7, 11) is 0. The molecule has 0 aromatic carbocycles. The van der Waals surface area contributed by atoms with Gasteiger partial charge >= 0.3 is 5.97 Å². The second-order valence-electron chi connectivity index (χ2n) is 3.28. The zero-order valence-corrected chi connectivity index (χ0v) is 8.29. The molecule has 1 aliphatic rings. The molecular formula is C10H13ClO2. The fourth-order valence-electron chi connectivity index (χ4n) is 1.61. The number of allylic oxidation sites excluding steroid dienone is 3. The molecule has 0 spiro atoms. The predicted molar refractivity (Wildman–Crippen MR) is 52.8 cm³/mol. The van der Waals surface area contributed by atoms with Gasteiger partial charge in [0.1, 0.15) is 0 Å². The molecule has 72 valence electrons. The van der Waals surface area contributed by atoms with E-state index < -0.39 is 17.3 Å². The van der Waals surface area contributed by atoms with Gasteiger partial charge in [0.2, 0.25) is 0 Å². The standard InChI is InChI=1S/C10H13ClO2/c1-2-10(7-11)6-4-3-5-8(10)9(12)13/h3-6,8H,2,7H2,1H3,(H,12,13). The highest BCUT2D eigenvalue weighted by Gasteiger charge is 2.38. The van der Waals surface area contributed by atoms with E-state index in [4.69, 9.17) is 16.7 Å². The van der Waals surface area contributed by atoms with Crippen molar-refractivity contribution in [1.82, 2.24) is 0 Å². The van der Waals surface area contributed by atoms with Crippen LogP contribution in [0.3, 0.4) is 0 Å². The van der Waals surface area contributed by atoms with Gasteiger partial charge in [-0.2, -0.15) is 0 Å². The summed E-state index contributed by atoms with van der Waals surface area (Å²) in [5.41, 5.74) is -0.401. The van der Waals surface area contributed by atoms with Crippen molar-refractivity contribution in [1.29, 1.82) is 0 Å². The molecule has 0 fully saturated rings. The van der Waals surface area contributed by atoms with Crippen molar-refractivity contribution in [3.05, 3.63) is 24.3 Å². The molecular weight excluding hydrogens is 188 g/mol. The fraction of sp³-hybridized carbons (Fsp3) is 0.500. The van der Waals surface area contributed by atoms with Gasteiger partial charge in [0, 0.05) is 11.3 Å².